The first-order chi connectivity index (χ1) is 12.3. The molecule has 1 aromatic carbocycles. The van der Waals surface area contributed by atoms with Gasteiger partial charge in [-0.05, 0) is 57.4 Å². The van der Waals surface area contributed by atoms with Crippen molar-refractivity contribution >= 4 is 5.91 Å². The van der Waals surface area contributed by atoms with Crippen LogP contribution in [-0.4, -0.2) is 45.6 Å². The van der Waals surface area contributed by atoms with Crippen LogP contribution in [0.2, 0.25) is 0 Å². The summed E-state index contributed by atoms with van der Waals surface area (Å²) in [6, 6.07) is 8.73. The quantitative estimate of drug-likeness (QED) is 0.912. The van der Waals surface area contributed by atoms with E-state index in [1.807, 2.05) is 31.2 Å². The van der Waals surface area contributed by atoms with E-state index < -0.39 is 5.60 Å². The molecule has 3 rings (SSSR count). The minimum Gasteiger partial charge on any atom is -0.497 e. The van der Waals surface area contributed by atoms with Gasteiger partial charge in [0, 0.05) is 12.2 Å². The molecule has 2 heterocycles. The van der Waals surface area contributed by atoms with E-state index in [4.69, 9.17) is 4.74 Å². The highest BCUT2D eigenvalue weighted by molar-refractivity contribution is 5.93. The van der Waals surface area contributed by atoms with Crippen molar-refractivity contribution in [3.63, 3.8) is 0 Å². The topological polar surface area (TPSA) is 75.6 Å². The summed E-state index contributed by atoms with van der Waals surface area (Å²) in [6.07, 6.45) is 1.60. The monoisotopic (exact) mass is 355 g/mol. The fraction of sp³-hybridized carbons (Fsp3) is 0.450. The van der Waals surface area contributed by atoms with E-state index in [0.717, 1.165) is 29.8 Å². The van der Waals surface area contributed by atoms with Gasteiger partial charge < -0.3 is 14.7 Å². The van der Waals surface area contributed by atoms with Crippen molar-refractivity contribution in [2.75, 3.05) is 13.7 Å². The van der Waals surface area contributed by atoms with Crippen LogP contribution in [0.1, 0.15) is 47.3 Å². The van der Waals surface area contributed by atoms with Gasteiger partial charge in [0.05, 0.1) is 13.2 Å². The summed E-state index contributed by atoms with van der Waals surface area (Å²) in [7, 11) is 1.61. The molecule has 6 nitrogen and oxygen atoms in total. The summed E-state index contributed by atoms with van der Waals surface area (Å²) in [5.74, 6) is 1.15. The number of aromatic nitrogens is 2. The van der Waals surface area contributed by atoms with Crippen LogP contribution in [0.25, 0.3) is 0 Å². The van der Waals surface area contributed by atoms with Crippen molar-refractivity contribution in [3.05, 3.63) is 53.1 Å². The highest BCUT2D eigenvalue weighted by Gasteiger charge is 2.43. The average Bonchev–Trinajstić information content (AvgIpc) is 3.11. The van der Waals surface area contributed by atoms with Crippen molar-refractivity contribution in [2.24, 2.45) is 0 Å². The smallest absolute Gasteiger partial charge is 0.272 e. The number of likely N-dealkylation sites (tertiary alicyclic amines) is 1. The van der Waals surface area contributed by atoms with Crippen molar-refractivity contribution < 1.29 is 14.6 Å². The van der Waals surface area contributed by atoms with Gasteiger partial charge in [0.2, 0.25) is 0 Å². The van der Waals surface area contributed by atoms with Gasteiger partial charge in [0.25, 0.3) is 5.91 Å². The summed E-state index contributed by atoms with van der Waals surface area (Å²) in [5.41, 5.74) is 0.749. The van der Waals surface area contributed by atoms with Crippen LogP contribution in [0.4, 0.5) is 0 Å². The lowest BCUT2D eigenvalue weighted by atomic mass is 9.86. The maximum atomic E-state index is 13.0. The first-order valence-electron chi connectivity index (χ1n) is 8.83. The number of aliphatic hydroxyl groups is 1. The number of rotatable bonds is 4. The molecule has 1 amide bonds. The third kappa shape index (κ3) is 3.42. The Kier molecular flexibility index (Phi) is 4.96. The molecule has 1 fully saturated rings. The number of hydrogen-bond acceptors (Lipinski definition) is 5. The second kappa shape index (κ2) is 7.03. The molecule has 6 heteroatoms. The highest BCUT2D eigenvalue weighted by Crippen LogP contribution is 2.36. The first-order valence-corrected chi connectivity index (χ1v) is 8.83. The molecule has 1 saturated heterocycles. The first kappa shape index (κ1) is 18.3. The Bertz CT molecular complexity index is 782. The number of carbonyl (C=O) groups is 1. The molecule has 0 aliphatic carbocycles. The average molecular weight is 355 g/mol. The van der Waals surface area contributed by atoms with Crippen molar-refractivity contribution in [1.29, 1.82) is 0 Å². The number of aryl methyl sites for hydroxylation is 2. The Morgan fingerprint density at radius 3 is 2.58 bits per heavy atom. The van der Waals surface area contributed by atoms with E-state index in [1.165, 1.54) is 0 Å². The third-order valence-electron chi connectivity index (χ3n) is 5.02. The molecule has 2 atom stereocenters. The Hall–Kier alpha value is -2.47. The molecule has 0 saturated carbocycles. The van der Waals surface area contributed by atoms with E-state index in [2.05, 4.69) is 9.97 Å². The number of methoxy groups -OCH3 is 1. The predicted octanol–water partition coefficient (Wildman–Crippen LogP) is 2.61. The minimum absolute atomic E-state index is 0.158. The minimum atomic E-state index is -1.16. The molecule has 138 valence electrons. The molecule has 1 aromatic heterocycles. The molecule has 1 aliphatic rings. The lowest BCUT2D eigenvalue weighted by molar-refractivity contribution is -0.0179. The standard InChI is InChI=1S/C20H25N3O3/c1-13-12-17(22-14(2)21-13)19(24)23-11-5-6-18(23)20(3,25)15-7-9-16(26-4)10-8-15/h7-10,12,18,25H,5-6,11H2,1-4H3/t18-,20+/m1/s1. The van der Waals surface area contributed by atoms with E-state index in [-0.39, 0.29) is 11.9 Å². The lowest BCUT2D eigenvalue weighted by Gasteiger charge is -2.37. The largest absolute Gasteiger partial charge is 0.497 e. The molecule has 0 unspecified atom stereocenters. The maximum absolute atomic E-state index is 13.0. The van der Waals surface area contributed by atoms with E-state index in [1.54, 1.807) is 31.9 Å². The highest BCUT2D eigenvalue weighted by atomic mass is 16.5. The lowest BCUT2D eigenvalue weighted by Crippen LogP contribution is -2.48. The molecule has 0 radical (unpaired) electrons. The van der Waals surface area contributed by atoms with Crippen LogP contribution in [0.5, 0.6) is 5.75 Å². The van der Waals surface area contributed by atoms with Gasteiger partial charge in [-0.15, -0.1) is 0 Å². The fourth-order valence-corrected chi connectivity index (χ4v) is 3.69. The molecule has 2 aromatic rings. The van der Waals surface area contributed by atoms with Gasteiger partial charge in [-0.3, -0.25) is 4.79 Å². The Labute approximate surface area is 153 Å². The van der Waals surface area contributed by atoms with Gasteiger partial charge in [0.15, 0.2) is 0 Å². The van der Waals surface area contributed by atoms with Crippen LogP contribution in [-0.2, 0) is 5.60 Å². The number of ether oxygens (including phenoxy) is 1. The second-order valence-corrected chi connectivity index (χ2v) is 6.97. The zero-order valence-electron chi connectivity index (χ0n) is 15.7. The van der Waals surface area contributed by atoms with Crippen LogP contribution < -0.4 is 4.74 Å². The predicted molar refractivity (Wildman–Crippen MR) is 98.1 cm³/mol. The number of benzene rings is 1. The van der Waals surface area contributed by atoms with E-state index in [9.17, 15) is 9.90 Å². The molecule has 1 aliphatic heterocycles. The second-order valence-electron chi connectivity index (χ2n) is 6.97. The van der Waals surface area contributed by atoms with Crippen molar-refractivity contribution in [1.82, 2.24) is 14.9 Å². The number of hydrogen-bond donors (Lipinski definition) is 1. The number of nitrogens with zero attached hydrogens (tertiary/aromatic N) is 3. The van der Waals surface area contributed by atoms with Crippen LogP contribution in [0.3, 0.4) is 0 Å². The number of carbonyl (C=O) groups excluding carboxylic acids is 1. The van der Waals surface area contributed by atoms with Crippen molar-refractivity contribution in [3.8, 4) is 5.75 Å². The maximum Gasteiger partial charge on any atom is 0.272 e. The summed E-state index contributed by atoms with van der Waals surface area (Å²) in [5, 5.41) is 11.3. The Morgan fingerprint density at radius 2 is 1.96 bits per heavy atom. The molecule has 1 N–H and O–H groups in total. The van der Waals surface area contributed by atoms with Gasteiger partial charge in [-0.25, -0.2) is 9.97 Å². The summed E-state index contributed by atoms with van der Waals surface area (Å²) < 4.78 is 5.19. The normalized spacial score (nSPS) is 19.3. The third-order valence-corrected chi connectivity index (χ3v) is 5.02. The molecular weight excluding hydrogens is 330 g/mol. The zero-order valence-corrected chi connectivity index (χ0v) is 15.7. The molecule has 0 bridgehead atoms. The summed E-state index contributed by atoms with van der Waals surface area (Å²) in [6.45, 7) is 6.00. The molecular formula is C20H25N3O3. The van der Waals surface area contributed by atoms with Crippen LogP contribution in [0, 0.1) is 13.8 Å². The van der Waals surface area contributed by atoms with Gasteiger partial charge >= 0.3 is 0 Å². The van der Waals surface area contributed by atoms with Gasteiger partial charge in [-0.2, -0.15) is 0 Å². The van der Waals surface area contributed by atoms with E-state index >= 15 is 0 Å². The van der Waals surface area contributed by atoms with Gasteiger partial charge in [0.1, 0.15) is 22.9 Å². The molecule has 26 heavy (non-hydrogen) atoms. The SMILES string of the molecule is COc1ccc([C@](C)(O)[C@H]2CCCN2C(=O)c2cc(C)nc(C)n2)cc1. The Morgan fingerprint density at radius 1 is 1.27 bits per heavy atom. The van der Waals surface area contributed by atoms with E-state index in [0.29, 0.717) is 18.1 Å². The summed E-state index contributed by atoms with van der Waals surface area (Å²) >= 11 is 0. The number of amides is 1. The van der Waals surface area contributed by atoms with Crippen LogP contribution >= 0.6 is 0 Å². The van der Waals surface area contributed by atoms with Crippen LogP contribution in [0.15, 0.2) is 30.3 Å². The fourth-order valence-electron chi connectivity index (χ4n) is 3.69. The summed E-state index contributed by atoms with van der Waals surface area (Å²) in [4.78, 5) is 23.3. The van der Waals surface area contributed by atoms with Gasteiger partial charge in [-0.1, -0.05) is 12.1 Å². The van der Waals surface area contributed by atoms with Crippen molar-refractivity contribution in [2.45, 2.75) is 45.3 Å². The zero-order chi connectivity index (χ0) is 18.9. The molecule has 0 spiro atoms. The Balaban J connectivity index is 1.89.